The van der Waals surface area contributed by atoms with Gasteiger partial charge in [-0.15, -0.1) is 0 Å². The van der Waals surface area contributed by atoms with Crippen molar-refractivity contribution in [2.75, 3.05) is 0 Å². The Bertz CT molecular complexity index is 464. The molecule has 0 amide bonds. The van der Waals surface area contributed by atoms with Crippen molar-refractivity contribution in [2.24, 2.45) is 11.3 Å². The number of rotatable bonds is 5. The third-order valence-corrected chi connectivity index (χ3v) is 5.69. The summed E-state index contributed by atoms with van der Waals surface area (Å²) in [5.74, 6) is 0.570. The van der Waals surface area contributed by atoms with Crippen LogP contribution in [-0.2, 0) is 6.54 Å². The lowest BCUT2D eigenvalue weighted by Crippen LogP contribution is -2.36. The lowest BCUT2D eigenvalue weighted by Gasteiger charge is -2.39. The third kappa shape index (κ3) is 4.43. The number of benzene rings is 1. The molecule has 1 aliphatic carbocycles. The summed E-state index contributed by atoms with van der Waals surface area (Å²) in [5, 5.41) is 4.10. The standard InChI is InChI=1S/C18H27ClFN/c1-4-18(2,3)14-6-9-16(10-7-14)21-12-13-5-8-15(20)11-17(13)19/h5,8,11,14,16,21H,4,6-7,9-10,12H2,1-3H3. The first kappa shape index (κ1) is 16.8. The van der Waals surface area contributed by atoms with Crippen LogP contribution in [0.5, 0.6) is 0 Å². The smallest absolute Gasteiger partial charge is 0.124 e. The summed E-state index contributed by atoms with van der Waals surface area (Å²) >= 11 is 6.07. The monoisotopic (exact) mass is 311 g/mol. The minimum absolute atomic E-state index is 0.272. The largest absolute Gasteiger partial charge is 0.310 e. The van der Waals surface area contributed by atoms with E-state index in [1.54, 1.807) is 6.07 Å². The molecule has 1 aromatic carbocycles. The minimum atomic E-state index is -0.272. The Hall–Kier alpha value is -0.600. The van der Waals surface area contributed by atoms with Crippen LogP contribution in [0.2, 0.25) is 5.02 Å². The highest BCUT2D eigenvalue weighted by atomic mass is 35.5. The van der Waals surface area contributed by atoms with E-state index in [1.165, 1.54) is 44.2 Å². The zero-order valence-electron chi connectivity index (χ0n) is 13.4. The molecule has 0 spiro atoms. The molecule has 0 saturated heterocycles. The predicted molar refractivity (Wildman–Crippen MR) is 88.1 cm³/mol. The van der Waals surface area contributed by atoms with Gasteiger partial charge < -0.3 is 5.32 Å². The van der Waals surface area contributed by atoms with Crippen LogP contribution in [0, 0.1) is 17.2 Å². The van der Waals surface area contributed by atoms with E-state index in [0.717, 1.165) is 18.0 Å². The second-order valence-corrected chi connectivity index (χ2v) is 7.41. The van der Waals surface area contributed by atoms with E-state index in [1.807, 2.05) is 0 Å². The topological polar surface area (TPSA) is 12.0 Å². The third-order valence-electron chi connectivity index (χ3n) is 5.34. The number of halogens is 2. The van der Waals surface area contributed by atoms with Gasteiger partial charge in [0.05, 0.1) is 0 Å². The van der Waals surface area contributed by atoms with E-state index < -0.39 is 0 Å². The zero-order valence-corrected chi connectivity index (χ0v) is 14.1. The van der Waals surface area contributed by atoms with Crippen LogP contribution < -0.4 is 5.32 Å². The second kappa shape index (κ2) is 7.11. The molecule has 0 aromatic heterocycles. The maximum Gasteiger partial charge on any atom is 0.124 e. The maximum atomic E-state index is 13.0. The molecule has 3 heteroatoms. The fourth-order valence-electron chi connectivity index (χ4n) is 3.29. The Kier molecular flexibility index (Phi) is 5.67. The molecule has 1 N–H and O–H groups in total. The number of hydrogen-bond donors (Lipinski definition) is 1. The zero-order chi connectivity index (χ0) is 15.5. The molecule has 118 valence electrons. The fourth-order valence-corrected chi connectivity index (χ4v) is 3.52. The van der Waals surface area contributed by atoms with Gasteiger partial charge in [-0.25, -0.2) is 4.39 Å². The lowest BCUT2D eigenvalue weighted by molar-refractivity contribution is 0.137. The number of hydrogen-bond acceptors (Lipinski definition) is 1. The predicted octanol–water partition coefficient (Wildman–Crippen LogP) is 5.56. The van der Waals surface area contributed by atoms with Gasteiger partial charge in [-0.1, -0.05) is 44.9 Å². The summed E-state index contributed by atoms with van der Waals surface area (Å²) in [4.78, 5) is 0. The van der Waals surface area contributed by atoms with Gasteiger partial charge in [0.1, 0.15) is 5.82 Å². The molecule has 0 unspecified atom stereocenters. The highest BCUT2D eigenvalue weighted by molar-refractivity contribution is 6.31. The molecule has 0 bridgehead atoms. The highest BCUT2D eigenvalue weighted by Crippen LogP contribution is 2.40. The van der Waals surface area contributed by atoms with Crippen LogP contribution in [0.25, 0.3) is 0 Å². The number of nitrogens with one attached hydrogen (secondary N) is 1. The van der Waals surface area contributed by atoms with Crippen LogP contribution in [0.3, 0.4) is 0 Å². The Morgan fingerprint density at radius 1 is 1.24 bits per heavy atom. The van der Waals surface area contributed by atoms with Crippen molar-refractivity contribution in [2.45, 2.75) is 65.5 Å². The van der Waals surface area contributed by atoms with Gasteiger partial charge in [-0.2, -0.15) is 0 Å². The van der Waals surface area contributed by atoms with Crippen LogP contribution in [-0.4, -0.2) is 6.04 Å². The van der Waals surface area contributed by atoms with Gasteiger partial charge in [-0.05, 0) is 54.7 Å². The molecule has 0 atom stereocenters. The van der Waals surface area contributed by atoms with Crippen LogP contribution in [0.1, 0.15) is 58.4 Å². The van der Waals surface area contributed by atoms with Crippen molar-refractivity contribution in [1.29, 1.82) is 0 Å². The van der Waals surface area contributed by atoms with E-state index in [0.29, 0.717) is 16.5 Å². The summed E-state index contributed by atoms with van der Waals surface area (Å²) in [6, 6.07) is 5.20. The molecule has 0 aliphatic heterocycles. The summed E-state index contributed by atoms with van der Waals surface area (Å²) in [5.41, 5.74) is 1.44. The van der Waals surface area contributed by atoms with Crippen molar-refractivity contribution in [1.82, 2.24) is 5.32 Å². The van der Waals surface area contributed by atoms with Crippen molar-refractivity contribution in [3.8, 4) is 0 Å². The Morgan fingerprint density at radius 2 is 1.90 bits per heavy atom. The maximum absolute atomic E-state index is 13.0. The van der Waals surface area contributed by atoms with Gasteiger partial charge in [-0.3, -0.25) is 0 Å². The molecule has 0 heterocycles. The Morgan fingerprint density at radius 3 is 2.48 bits per heavy atom. The summed E-state index contributed by atoms with van der Waals surface area (Å²) in [6.45, 7) is 7.81. The first-order valence-electron chi connectivity index (χ1n) is 8.09. The van der Waals surface area contributed by atoms with Crippen LogP contribution in [0.15, 0.2) is 18.2 Å². The molecule has 1 nitrogen and oxygen atoms in total. The van der Waals surface area contributed by atoms with Gasteiger partial charge in [0.15, 0.2) is 0 Å². The first-order chi connectivity index (χ1) is 9.92. The molecule has 0 radical (unpaired) electrons. The molecular weight excluding hydrogens is 285 g/mol. The van der Waals surface area contributed by atoms with Gasteiger partial charge in [0, 0.05) is 17.6 Å². The molecule has 1 saturated carbocycles. The van der Waals surface area contributed by atoms with E-state index in [9.17, 15) is 4.39 Å². The first-order valence-corrected chi connectivity index (χ1v) is 8.47. The molecular formula is C18H27ClFN. The molecule has 2 rings (SSSR count). The fraction of sp³-hybridized carbons (Fsp3) is 0.667. The van der Waals surface area contributed by atoms with E-state index >= 15 is 0 Å². The summed E-state index contributed by atoms with van der Waals surface area (Å²) in [6.07, 6.45) is 6.31. The van der Waals surface area contributed by atoms with E-state index in [4.69, 9.17) is 11.6 Å². The summed E-state index contributed by atoms with van der Waals surface area (Å²) in [7, 11) is 0. The SMILES string of the molecule is CCC(C)(C)C1CCC(NCc2ccc(F)cc2Cl)CC1. The van der Waals surface area contributed by atoms with Crippen molar-refractivity contribution < 1.29 is 4.39 Å². The van der Waals surface area contributed by atoms with Gasteiger partial charge in [0.2, 0.25) is 0 Å². The van der Waals surface area contributed by atoms with Crippen molar-refractivity contribution >= 4 is 11.6 Å². The Balaban J connectivity index is 1.81. The van der Waals surface area contributed by atoms with Crippen molar-refractivity contribution in [3.63, 3.8) is 0 Å². The second-order valence-electron chi connectivity index (χ2n) is 7.01. The van der Waals surface area contributed by atoms with Crippen molar-refractivity contribution in [3.05, 3.63) is 34.6 Å². The molecule has 1 aliphatic rings. The van der Waals surface area contributed by atoms with E-state index in [-0.39, 0.29) is 5.82 Å². The molecule has 1 aromatic rings. The average Bonchev–Trinajstić information content (AvgIpc) is 2.47. The molecule has 1 fully saturated rings. The summed E-state index contributed by atoms with van der Waals surface area (Å²) < 4.78 is 13.0. The van der Waals surface area contributed by atoms with Crippen LogP contribution >= 0.6 is 11.6 Å². The normalized spacial score (nSPS) is 23.3. The molecule has 21 heavy (non-hydrogen) atoms. The van der Waals surface area contributed by atoms with Crippen LogP contribution in [0.4, 0.5) is 4.39 Å². The lowest BCUT2D eigenvalue weighted by atomic mass is 9.69. The van der Waals surface area contributed by atoms with Gasteiger partial charge >= 0.3 is 0 Å². The Labute approximate surface area is 133 Å². The van der Waals surface area contributed by atoms with E-state index in [2.05, 4.69) is 26.1 Å². The highest BCUT2D eigenvalue weighted by Gasteiger charge is 2.31. The van der Waals surface area contributed by atoms with Gasteiger partial charge in [0.25, 0.3) is 0 Å². The quantitative estimate of drug-likeness (QED) is 0.750. The minimum Gasteiger partial charge on any atom is -0.310 e. The average molecular weight is 312 g/mol.